The molecular weight excluding hydrogens is 380 g/mol. The highest BCUT2D eigenvalue weighted by atomic mass is 16.3. The van der Waals surface area contributed by atoms with Crippen molar-refractivity contribution in [3.63, 3.8) is 0 Å². The van der Waals surface area contributed by atoms with Crippen molar-refractivity contribution in [3.05, 3.63) is 71.9 Å². The SMILES string of the molecule is Cc1ccn(-c2ccccc2CN=C(NCCc2ccco2)NCC(=O)N(C)C)n1. The van der Waals surface area contributed by atoms with Crippen molar-refractivity contribution in [2.24, 2.45) is 4.99 Å². The number of hydrogen-bond acceptors (Lipinski definition) is 4. The van der Waals surface area contributed by atoms with Crippen LogP contribution in [0.25, 0.3) is 5.69 Å². The highest BCUT2D eigenvalue weighted by Crippen LogP contribution is 2.15. The first-order valence-corrected chi connectivity index (χ1v) is 9.88. The Labute approximate surface area is 176 Å². The van der Waals surface area contributed by atoms with Crippen molar-refractivity contribution in [3.8, 4) is 5.69 Å². The molecule has 0 aliphatic carbocycles. The Hall–Kier alpha value is -3.55. The number of furan rings is 1. The molecule has 0 atom stereocenters. The Morgan fingerprint density at radius 2 is 2.00 bits per heavy atom. The molecule has 0 unspecified atom stereocenters. The maximum Gasteiger partial charge on any atom is 0.241 e. The lowest BCUT2D eigenvalue weighted by molar-refractivity contribution is -0.127. The number of aromatic nitrogens is 2. The summed E-state index contributed by atoms with van der Waals surface area (Å²) >= 11 is 0. The summed E-state index contributed by atoms with van der Waals surface area (Å²) in [5.74, 6) is 1.44. The van der Waals surface area contributed by atoms with Gasteiger partial charge in [0, 0.05) is 33.3 Å². The van der Waals surface area contributed by atoms with Crippen molar-refractivity contribution < 1.29 is 9.21 Å². The third-order valence-electron chi connectivity index (χ3n) is 4.52. The maximum absolute atomic E-state index is 12.0. The normalized spacial score (nSPS) is 11.4. The molecule has 30 heavy (non-hydrogen) atoms. The zero-order valence-electron chi connectivity index (χ0n) is 17.6. The van der Waals surface area contributed by atoms with Gasteiger partial charge in [-0.15, -0.1) is 0 Å². The van der Waals surface area contributed by atoms with E-state index >= 15 is 0 Å². The molecule has 3 aromatic rings. The van der Waals surface area contributed by atoms with E-state index in [1.807, 2.05) is 60.3 Å². The average molecular weight is 409 g/mol. The van der Waals surface area contributed by atoms with E-state index < -0.39 is 0 Å². The number of nitrogens with zero attached hydrogens (tertiary/aromatic N) is 4. The lowest BCUT2D eigenvalue weighted by Gasteiger charge is -2.15. The second-order valence-corrected chi connectivity index (χ2v) is 7.09. The molecule has 1 amide bonds. The van der Waals surface area contributed by atoms with Crippen LogP contribution in [0.1, 0.15) is 17.0 Å². The fraction of sp³-hybridized carbons (Fsp3) is 0.318. The number of carbonyl (C=O) groups is 1. The zero-order chi connectivity index (χ0) is 21.3. The van der Waals surface area contributed by atoms with Crippen LogP contribution < -0.4 is 10.6 Å². The quantitative estimate of drug-likeness (QED) is 0.440. The van der Waals surface area contributed by atoms with Crippen LogP contribution in [0, 0.1) is 6.92 Å². The Kier molecular flexibility index (Phi) is 7.26. The van der Waals surface area contributed by atoms with Gasteiger partial charge in [-0.25, -0.2) is 9.67 Å². The zero-order valence-corrected chi connectivity index (χ0v) is 17.6. The van der Waals surface area contributed by atoms with E-state index in [1.54, 1.807) is 25.3 Å². The molecule has 8 nitrogen and oxygen atoms in total. The molecule has 3 rings (SSSR count). The second kappa shape index (κ2) is 10.3. The first-order chi connectivity index (χ1) is 14.5. The monoisotopic (exact) mass is 408 g/mol. The van der Waals surface area contributed by atoms with Crippen molar-refractivity contribution >= 4 is 11.9 Å². The van der Waals surface area contributed by atoms with E-state index in [9.17, 15) is 4.79 Å². The van der Waals surface area contributed by atoms with Gasteiger partial charge < -0.3 is 20.0 Å². The van der Waals surface area contributed by atoms with Crippen molar-refractivity contribution in [1.82, 2.24) is 25.3 Å². The maximum atomic E-state index is 12.0. The predicted octanol–water partition coefficient (Wildman–Crippen LogP) is 2.14. The third-order valence-corrected chi connectivity index (χ3v) is 4.52. The van der Waals surface area contributed by atoms with E-state index in [4.69, 9.17) is 4.42 Å². The summed E-state index contributed by atoms with van der Waals surface area (Å²) in [5, 5.41) is 10.9. The minimum Gasteiger partial charge on any atom is -0.469 e. The van der Waals surface area contributed by atoms with Crippen molar-refractivity contribution in [2.75, 3.05) is 27.2 Å². The molecule has 0 radical (unpaired) electrons. The first kappa shape index (κ1) is 21.2. The van der Waals surface area contributed by atoms with E-state index in [0.717, 1.165) is 29.1 Å². The third kappa shape index (κ3) is 5.97. The molecular formula is C22H28N6O2. The molecule has 0 aliphatic heterocycles. The largest absolute Gasteiger partial charge is 0.469 e. The van der Waals surface area contributed by atoms with Crippen LogP contribution in [0.3, 0.4) is 0 Å². The van der Waals surface area contributed by atoms with E-state index in [-0.39, 0.29) is 12.5 Å². The Morgan fingerprint density at radius 1 is 1.17 bits per heavy atom. The van der Waals surface area contributed by atoms with Crippen LogP contribution in [-0.2, 0) is 17.8 Å². The number of guanidine groups is 1. The van der Waals surface area contributed by atoms with Crippen LogP contribution in [0.4, 0.5) is 0 Å². The smallest absolute Gasteiger partial charge is 0.241 e. The van der Waals surface area contributed by atoms with Gasteiger partial charge in [0.05, 0.1) is 30.7 Å². The molecule has 0 saturated carbocycles. The topological polar surface area (TPSA) is 87.7 Å². The van der Waals surface area contributed by atoms with E-state index in [1.165, 1.54) is 0 Å². The highest BCUT2D eigenvalue weighted by Gasteiger charge is 2.08. The molecule has 2 N–H and O–H groups in total. The molecule has 8 heteroatoms. The summed E-state index contributed by atoms with van der Waals surface area (Å²) in [5.41, 5.74) is 2.97. The summed E-state index contributed by atoms with van der Waals surface area (Å²) in [6, 6.07) is 13.8. The van der Waals surface area contributed by atoms with Crippen LogP contribution in [0.15, 0.2) is 64.3 Å². The number of aryl methyl sites for hydroxylation is 1. The minimum atomic E-state index is -0.0250. The van der Waals surface area contributed by atoms with Crippen molar-refractivity contribution in [2.45, 2.75) is 19.9 Å². The Bertz CT molecular complexity index is 975. The highest BCUT2D eigenvalue weighted by molar-refractivity contribution is 5.86. The number of aliphatic imine (C=N–C) groups is 1. The van der Waals surface area contributed by atoms with Crippen molar-refractivity contribution in [1.29, 1.82) is 0 Å². The van der Waals surface area contributed by atoms with Gasteiger partial charge in [-0.1, -0.05) is 18.2 Å². The number of rotatable bonds is 8. The Balaban J connectivity index is 1.71. The lowest BCUT2D eigenvalue weighted by Crippen LogP contribution is -2.43. The van der Waals surface area contributed by atoms with Gasteiger partial charge in [-0.05, 0) is 36.8 Å². The predicted molar refractivity (Wildman–Crippen MR) is 117 cm³/mol. The minimum absolute atomic E-state index is 0.0250. The van der Waals surface area contributed by atoms with Gasteiger partial charge in [-0.3, -0.25) is 4.79 Å². The molecule has 0 fully saturated rings. The first-order valence-electron chi connectivity index (χ1n) is 9.88. The van der Waals surface area contributed by atoms with Gasteiger partial charge >= 0.3 is 0 Å². The molecule has 2 heterocycles. The van der Waals surface area contributed by atoms with Gasteiger partial charge in [-0.2, -0.15) is 5.10 Å². The van der Waals surface area contributed by atoms with Gasteiger partial charge in [0.2, 0.25) is 5.91 Å². The number of benzene rings is 1. The van der Waals surface area contributed by atoms with E-state index in [2.05, 4.69) is 20.7 Å². The summed E-state index contributed by atoms with van der Waals surface area (Å²) in [7, 11) is 3.46. The summed E-state index contributed by atoms with van der Waals surface area (Å²) in [6.07, 6.45) is 4.32. The number of hydrogen-bond donors (Lipinski definition) is 2. The number of para-hydroxylation sites is 1. The molecule has 158 valence electrons. The van der Waals surface area contributed by atoms with E-state index in [0.29, 0.717) is 19.0 Å². The standard InChI is InChI=1S/C22H28N6O2/c1-17-11-13-28(26-17)20-9-5-4-7-18(20)15-24-22(25-16-21(29)27(2)3)23-12-10-19-8-6-14-30-19/h4-9,11,13-14H,10,12,15-16H2,1-3H3,(H2,23,24,25). The molecule has 0 saturated heterocycles. The van der Waals surface area contributed by atoms with Gasteiger partial charge in [0.1, 0.15) is 5.76 Å². The number of amides is 1. The average Bonchev–Trinajstić information content (AvgIpc) is 3.41. The van der Waals surface area contributed by atoms with Crippen LogP contribution in [0.2, 0.25) is 0 Å². The molecule has 1 aromatic carbocycles. The number of likely N-dealkylation sites (N-methyl/N-ethyl adjacent to an activating group) is 1. The second-order valence-electron chi connectivity index (χ2n) is 7.09. The fourth-order valence-electron chi connectivity index (χ4n) is 2.83. The van der Waals surface area contributed by atoms with Gasteiger partial charge in [0.15, 0.2) is 5.96 Å². The van der Waals surface area contributed by atoms with Crippen LogP contribution in [0.5, 0.6) is 0 Å². The fourth-order valence-corrected chi connectivity index (χ4v) is 2.83. The summed E-state index contributed by atoms with van der Waals surface area (Å²) in [6.45, 7) is 3.21. The lowest BCUT2D eigenvalue weighted by atomic mass is 10.2. The Morgan fingerprint density at radius 3 is 2.70 bits per heavy atom. The van der Waals surface area contributed by atoms with Crippen LogP contribution >= 0.6 is 0 Å². The summed E-state index contributed by atoms with van der Waals surface area (Å²) < 4.78 is 7.22. The molecule has 2 aromatic heterocycles. The molecule has 0 aliphatic rings. The van der Waals surface area contributed by atoms with Gasteiger partial charge in [0.25, 0.3) is 0 Å². The summed E-state index contributed by atoms with van der Waals surface area (Å²) in [4.78, 5) is 18.2. The number of nitrogens with one attached hydrogen (secondary N) is 2. The van der Waals surface area contributed by atoms with Crippen LogP contribution in [-0.4, -0.2) is 53.7 Å². The molecule has 0 bridgehead atoms. The number of carbonyl (C=O) groups excluding carboxylic acids is 1. The molecule has 0 spiro atoms.